The molecule has 126 valence electrons. The monoisotopic (exact) mass is 342 g/mol. The summed E-state index contributed by atoms with van der Waals surface area (Å²) in [5, 5.41) is -5.12. The number of hydrogen-bond donors (Lipinski definition) is 1. The Balaban J connectivity index is 1.87. The molecule has 2 rings (SSSR count). The van der Waals surface area contributed by atoms with Gasteiger partial charge >= 0.3 is 27.3 Å². The Labute approximate surface area is 125 Å². The van der Waals surface area contributed by atoms with Crippen LogP contribution in [0.5, 0.6) is 0 Å². The van der Waals surface area contributed by atoms with Crippen molar-refractivity contribution in [1.82, 2.24) is 0 Å². The van der Waals surface area contributed by atoms with Crippen molar-refractivity contribution in [2.24, 2.45) is 11.8 Å². The van der Waals surface area contributed by atoms with Gasteiger partial charge in [-0.2, -0.15) is 17.2 Å². The maximum absolute atomic E-state index is 12.9. The van der Waals surface area contributed by atoms with E-state index in [1.807, 2.05) is 0 Å². The predicted octanol–water partition coefficient (Wildman–Crippen LogP) is 1.13. The molecule has 2 bridgehead atoms. The summed E-state index contributed by atoms with van der Waals surface area (Å²) < 4.78 is 63.9. The minimum Gasteiger partial charge on any atom is -0.457 e. The van der Waals surface area contributed by atoms with Crippen molar-refractivity contribution in [3.63, 3.8) is 0 Å². The number of alkyl halides is 2. The molecule has 22 heavy (non-hydrogen) atoms. The molecule has 10 heteroatoms. The van der Waals surface area contributed by atoms with Crippen molar-refractivity contribution in [2.75, 3.05) is 6.61 Å². The normalized spacial score (nSPS) is 31.1. The van der Waals surface area contributed by atoms with E-state index in [9.17, 15) is 26.8 Å². The van der Waals surface area contributed by atoms with Crippen molar-refractivity contribution < 1.29 is 40.8 Å². The van der Waals surface area contributed by atoms with Crippen LogP contribution in [0.3, 0.4) is 0 Å². The van der Waals surface area contributed by atoms with Crippen molar-refractivity contribution >= 4 is 22.1 Å². The zero-order chi connectivity index (χ0) is 16.8. The maximum Gasteiger partial charge on any atom is 0.465 e. The smallest absolute Gasteiger partial charge is 0.457 e. The Morgan fingerprint density at radius 1 is 1.36 bits per heavy atom. The highest BCUT2D eigenvalue weighted by molar-refractivity contribution is 7.87. The molecule has 0 saturated heterocycles. The molecular formula is C12H16F2O7S. The Hall–Kier alpha value is -1.29. The van der Waals surface area contributed by atoms with Gasteiger partial charge in [-0.15, -0.1) is 0 Å². The summed E-state index contributed by atoms with van der Waals surface area (Å²) >= 11 is 0. The van der Waals surface area contributed by atoms with Crippen LogP contribution in [-0.4, -0.2) is 42.4 Å². The minimum atomic E-state index is -5.95. The van der Waals surface area contributed by atoms with Crippen molar-refractivity contribution in [3.8, 4) is 0 Å². The molecule has 0 heterocycles. The second kappa shape index (κ2) is 5.41. The lowest BCUT2D eigenvalue weighted by atomic mass is 9.86. The Morgan fingerprint density at radius 3 is 2.45 bits per heavy atom. The van der Waals surface area contributed by atoms with E-state index in [-0.39, 0.29) is 5.92 Å². The highest BCUT2D eigenvalue weighted by Gasteiger charge is 2.55. The molecule has 0 amide bonds. The first-order chi connectivity index (χ1) is 9.96. The summed E-state index contributed by atoms with van der Waals surface area (Å²) in [4.78, 5) is 22.5. The van der Waals surface area contributed by atoms with Gasteiger partial charge in [0.2, 0.25) is 0 Å². The summed E-state index contributed by atoms with van der Waals surface area (Å²) in [6, 6.07) is 0. The highest BCUT2D eigenvalue weighted by Crippen LogP contribution is 2.52. The van der Waals surface area contributed by atoms with Crippen LogP contribution in [0.25, 0.3) is 0 Å². The summed E-state index contributed by atoms with van der Waals surface area (Å²) in [7, 11) is -5.95. The number of carbonyl (C=O) groups excluding carboxylic acids is 2. The van der Waals surface area contributed by atoms with E-state index >= 15 is 0 Å². The Morgan fingerprint density at radius 2 is 2.00 bits per heavy atom. The molecule has 1 N–H and O–H groups in total. The standard InChI is InChI=1S/C12H16F2O7S/c1-11(5-7-2-3-8(11)4-7)21-9(15)6-20-10(16)12(13,14)22(17,18)19/h7-8H,2-6H2,1H3,(H,17,18,19). The maximum atomic E-state index is 12.9. The van der Waals surface area contributed by atoms with Gasteiger partial charge in [-0.25, -0.2) is 9.59 Å². The van der Waals surface area contributed by atoms with Crippen LogP contribution in [-0.2, 0) is 29.2 Å². The van der Waals surface area contributed by atoms with Gasteiger partial charge < -0.3 is 9.47 Å². The van der Waals surface area contributed by atoms with Gasteiger partial charge in [0, 0.05) is 0 Å². The van der Waals surface area contributed by atoms with Gasteiger partial charge in [-0.3, -0.25) is 4.55 Å². The number of halogens is 2. The topological polar surface area (TPSA) is 107 Å². The summed E-state index contributed by atoms with van der Waals surface area (Å²) in [5.74, 6) is -2.90. The SMILES string of the molecule is CC1(OC(=O)COC(=O)C(F)(F)S(=O)(=O)O)CC2CCC1C2. The summed E-state index contributed by atoms with van der Waals surface area (Å²) in [5.41, 5.74) is -0.710. The first-order valence-corrected chi connectivity index (χ1v) is 8.13. The second-order valence-corrected chi connectivity index (χ2v) is 7.40. The zero-order valence-corrected chi connectivity index (χ0v) is 12.6. The average molecular weight is 342 g/mol. The van der Waals surface area contributed by atoms with Crippen LogP contribution in [0.4, 0.5) is 8.78 Å². The third kappa shape index (κ3) is 3.07. The Bertz CT molecular complexity index is 588. The predicted molar refractivity (Wildman–Crippen MR) is 67.4 cm³/mol. The lowest BCUT2D eigenvalue weighted by Crippen LogP contribution is -2.41. The Kier molecular flexibility index (Phi) is 4.20. The van der Waals surface area contributed by atoms with E-state index in [2.05, 4.69) is 4.74 Å². The van der Waals surface area contributed by atoms with Crippen LogP contribution >= 0.6 is 0 Å². The number of ether oxygens (including phenoxy) is 2. The fourth-order valence-electron chi connectivity index (χ4n) is 3.28. The molecule has 2 aliphatic carbocycles. The molecule has 0 aromatic rings. The average Bonchev–Trinajstić information content (AvgIpc) is 2.93. The van der Waals surface area contributed by atoms with Gasteiger partial charge in [0.25, 0.3) is 0 Å². The third-order valence-corrected chi connectivity index (χ3v) is 5.14. The molecule has 0 aromatic heterocycles. The van der Waals surface area contributed by atoms with Crippen molar-refractivity contribution in [3.05, 3.63) is 0 Å². The van der Waals surface area contributed by atoms with E-state index in [1.54, 1.807) is 6.92 Å². The van der Waals surface area contributed by atoms with E-state index in [0.29, 0.717) is 12.3 Å². The van der Waals surface area contributed by atoms with Crippen LogP contribution in [0.2, 0.25) is 0 Å². The third-order valence-electron chi connectivity index (χ3n) is 4.33. The van der Waals surface area contributed by atoms with Gasteiger partial charge in [-0.05, 0) is 44.4 Å². The molecular weight excluding hydrogens is 326 g/mol. The van der Waals surface area contributed by atoms with E-state index in [1.165, 1.54) is 0 Å². The zero-order valence-electron chi connectivity index (χ0n) is 11.8. The van der Waals surface area contributed by atoms with Crippen molar-refractivity contribution in [2.45, 2.75) is 43.5 Å². The molecule has 7 nitrogen and oxygen atoms in total. The lowest BCUT2D eigenvalue weighted by molar-refractivity contribution is -0.178. The van der Waals surface area contributed by atoms with Crippen molar-refractivity contribution in [1.29, 1.82) is 0 Å². The fraction of sp³-hybridized carbons (Fsp3) is 0.833. The lowest BCUT2D eigenvalue weighted by Gasteiger charge is -2.33. The molecule has 2 aliphatic rings. The number of rotatable bonds is 5. The second-order valence-electron chi connectivity index (χ2n) is 5.93. The molecule has 0 aromatic carbocycles. The van der Waals surface area contributed by atoms with E-state index < -0.39 is 39.5 Å². The summed E-state index contributed by atoms with van der Waals surface area (Å²) in [6.07, 6.45) is 3.57. The first-order valence-electron chi connectivity index (χ1n) is 6.69. The molecule has 2 fully saturated rings. The quantitative estimate of drug-likeness (QED) is 0.589. The molecule has 3 unspecified atom stereocenters. The number of esters is 2. The summed E-state index contributed by atoms with van der Waals surface area (Å²) in [6.45, 7) is 0.597. The van der Waals surface area contributed by atoms with Crippen LogP contribution in [0, 0.1) is 11.8 Å². The molecule has 2 saturated carbocycles. The highest BCUT2D eigenvalue weighted by atomic mass is 32.2. The fourth-order valence-corrected chi connectivity index (χ4v) is 3.55. The van der Waals surface area contributed by atoms with Gasteiger partial charge in [-0.1, -0.05) is 0 Å². The van der Waals surface area contributed by atoms with Crippen LogP contribution < -0.4 is 0 Å². The molecule has 0 radical (unpaired) electrons. The van der Waals surface area contributed by atoms with E-state index in [0.717, 1.165) is 19.3 Å². The minimum absolute atomic E-state index is 0.191. The van der Waals surface area contributed by atoms with Crippen LogP contribution in [0.1, 0.15) is 32.6 Å². The van der Waals surface area contributed by atoms with Crippen LogP contribution in [0.15, 0.2) is 0 Å². The number of fused-ring (bicyclic) bond motifs is 2. The van der Waals surface area contributed by atoms with Gasteiger partial charge in [0.05, 0.1) is 0 Å². The molecule has 3 atom stereocenters. The number of hydrogen-bond acceptors (Lipinski definition) is 6. The molecule has 0 aliphatic heterocycles. The molecule has 0 spiro atoms. The van der Waals surface area contributed by atoms with Gasteiger partial charge in [0.15, 0.2) is 6.61 Å². The first kappa shape index (κ1) is 17.1. The van der Waals surface area contributed by atoms with Gasteiger partial charge in [0.1, 0.15) is 5.60 Å². The largest absolute Gasteiger partial charge is 0.465 e. The van der Waals surface area contributed by atoms with E-state index in [4.69, 9.17) is 9.29 Å². The number of carbonyl (C=O) groups is 2.